The lowest BCUT2D eigenvalue weighted by Crippen LogP contribution is -2.39. The first-order valence-electron chi connectivity index (χ1n) is 9.22. The van der Waals surface area contributed by atoms with Crippen molar-refractivity contribution in [2.24, 2.45) is 5.10 Å². The van der Waals surface area contributed by atoms with Gasteiger partial charge in [0.15, 0.2) is 0 Å². The zero-order valence-electron chi connectivity index (χ0n) is 16.5. The summed E-state index contributed by atoms with van der Waals surface area (Å²) < 4.78 is 27.1. The lowest BCUT2D eigenvalue weighted by Gasteiger charge is -2.23. The van der Waals surface area contributed by atoms with Crippen molar-refractivity contribution in [2.75, 3.05) is 10.8 Å². The summed E-state index contributed by atoms with van der Waals surface area (Å²) in [5.74, 6) is -0.895. The quantitative estimate of drug-likeness (QED) is 0.304. The molecule has 3 aromatic carbocycles. The fourth-order valence-corrected chi connectivity index (χ4v) is 4.24. The second kappa shape index (κ2) is 9.71. The van der Waals surface area contributed by atoms with Crippen LogP contribution in [0, 0.1) is 10.1 Å². The standard InChI is InChI=1S/C21H18N4O6S/c26-20-13-7-4-8-16(20)14-22-23-21(27)15-24(18-11-5-6-12-19(18)25(28)29)32(30,31)17-9-2-1-3-10-17/h1-14,26H,15H2,(H,23,27)/b22-14+. The first kappa shape index (κ1) is 22.4. The van der Waals surface area contributed by atoms with Crippen molar-refractivity contribution in [1.82, 2.24) is 5.43 Å². The molecule has 0 fully saturated rings. The lowest BCUT2D eigenvalue weighted by atomic mass is 10.2. The molecule has 0 aliphatic carbocycles. The summed E-state index contributed by atoms with van der Waals surface area (Å²) in [6.07, 6.45) is 1.19. The highest BCUT2D eigenvalue weighted by Crippen LogP contribution is 2.31. The van der Waals surface area contributed by atoms with Gasteiger partial charge in [-0.25, -0.2) is 18.1 Å². The first-order chi connectivity index (χ1) is 15.3. The second-order valence-electron chi connectivity index (χ2n) is 6.42. The second-order valence-corrected chi connectivity index (χ2v) is 8.28. The monoisotopic (exact) mass is 454 g/mol. The molecule has 11 heteroatoms. The van der Waals surface area contributed by atoms with Crippen LogP contribution in [0.15, 0.2) is 88.9 Å². The number of hydrazone groups is 1. The molecular weight excluding hydrogens is 436 g/mol. The molecule has 0 saturated carbocycles. The van der Waals surface area contributed by atoms with Crippen molar-refractivity contribution in [3.8, 4) is 5.75 Å². The van der Waals surface area contributed by atoms with Crippen LogP contribution in [-0.4, -0.2) is 37.1 Å². The highest BCUT2D eigenvalue weighted by molar-refractivity contribution is 7.92. The molecule has 0 aromatic heterocycles. The number of benzene rings is 3. The molecule has 0 atom stereocenters. The molecule has 0 heterocycles. The molecule has 0 aliphatic rings. The van der Waals surface area contributed by atoms with Gasteiger partial charge in [0.2, 0.25) is 0 Å². The van der Waals surface area contributed by atoms with Crippen LogP contribution >= 0.6 is 0 Å². The number of nitro benzene ring substituents is 1. The molecular formula is C21H18N4O6S. The number of hydrogen-bond donors (Lipinski definition) is 2. The smallest absolute Gasteiger partial charge is 0.293 e. The van der Waals surface area contributed by atoms with Gasteiger partial charge in [-0.05, 0) is 30.3 Å². The molecule has 0 saturated heterocycles. The number of anilines is 1. The average molecular weight is 454 g/mol. The van der Waals surface area contributed by atoms with Crippen molar-refractivity contribution >= 4 is 33.5 Å². The van der Waals surface area contributed by atoms with Gasteiger partial charge in [0.1, 0.15) is 18.0 Å². The first-order valence-corrected chi connectivity index (χ1v) is 10.7. The summed E-state index contributed by atoms with van der Waals surface area (Å²) in [5.41, 5.74) is 1.77. The van der Waals surface area contributed by atoms with Crippen LogP contribution in [0.3, 0.4) is 0 Å². The number of sulfonamides is 1. The molecule has 3 aromatic rings. The molecule has 0 unspecified atom stereocenters. The Labute approximate surface area is 183 Å². The molecule has 10 nitrogen and oxygen atoms in total. The summed E-state index contributed by atoms with van der Waals surface area (Å²) in [5, 5.41) is 24.9. The molecule has 0 aliphatic heterocycles. The molecule has 164 valence electrons. The van der Waals surface area contributed by atoms with Crippen molar-refractivity contribution in [3.63, 3.8) is 0 Å². The number of nitro groups is 1. The minimum absolute atomic E-state index is 0.0568. The summed E-state index contributed by atoms with van der Waals surface area (Å²) in [6, 6.07) is 18.8. The maximum atomic E-state index is 13.2. The number of rotatable bonds is 8. The summed E-state index contributed by atoms with van der Waals surface area (Å²) in [6.45, 7) is -0.764. The Bertz CT molecular complexity index is 1260. The van der Waals surface area contributed by atoms with Gasteiger partial charge in [0.05, 0.1) is 16.0 Å². The third-order valence-electron chi connectivity index (χ3n) is 4.30. The van der Waals surface area contributed by atoms with Crippen molar-refractivity contribution in [3.05, 3.63) is 94.5 Å². The van der Waals surface area contributed by atoms with E-state index < -0.39 is 33.1 Å². The van der Waals surface area contributed by atoms with Crippen molar-refractivity contribution < 1.29 is 23.2 Å². The average Bonchev–Trinajstić information content (AvgIpc) is 2.79. The van der Waals surface area contributed by atoms with Crippen LogP contribution in [0.5, 0.6) is 5.75 Å². The Hall–Kier alpha value is -4.25. The van der Waals surface area contributed by atoms with E-state index in [1.54, 1.807) is 24.3 Å². The summed E-state index contributed by atoms with van der Waals surface area (Å²) >= 11 is 0. The summed E-state index contributed by atoms with van der Waals surface area (Å²) in [4.78, 5) is 23.1. The molecule has 1 amide bonds. The van der Waals surface area contributed by atoms with Crippen LogP contribution in [0.1, 0.15) is 5.56 Å². The number of aromatic hydroxyl groups is 1. The molecule has 3 rings (SSSR count). The molecule has 2 N–H and O–H groups in total. The number of para-hydroxylation sites is 3. The molecule has 0 radical (unpaired) electrons. The Morgan fingerprint density at radius 2 is 1.66 bits per heavy atom. The minimum Gasteiger partial charge on any atom is -0.507 e. The molecule has 0 bridgehead atoms. The largest absolute Gasteiger partial charge is 0.507 e. The Morgan fingerprint density at radius 1 is 1.03 bits per heavy atom. The maximum Gasteiger partial charge on any atom is 0.293 e. The minimum atomic E-state index is -4.31. The third kappa shape index (κ3) is 5.08. The number of nitrogens with zero attached hydrogens (tertiary/aromatic N) is 3. The van der Waals surface area contributed by atoms with Crippen LogP contribution < -0.4 is 9.73 Å². The van der Waals surface area contributed by atoms with Crippen LogP contribution in [0.25, 0.3) is 0 Å². The highest BCUT2D eigenvalue weighted by atomic mass is 32.2. The normalized spacial score (nSPS) is 11.2. The number of hydrogen-bond acceptors (Lipinski definition) is 7. The maximum absolute atomic E-state index is 13.2. The van der Waals surface area contributed by atoms with E-state index >= 15 is 0 Å². The Balaban J connectivity index is 1.92. The number of carbonyl (C=O) groups is 1. The number of phenols is 1. The van der Waals surface area contributed by atoms with E-state index in [0.29, 0.717) is 9.87 Å². The summed E-state index contributed by atoms with van der Waals surface area (Å²) in [7, 11) is -4.31. The van der Waals surface area contributed by atoms with Crippen molar-refractivity contribution in [1.29, 1.82) is 0 Å². The van der Waals surface area contributed by atoms with Gasteiger partial charge >= 0.3 is 0 Å². The van der Waals surface area contributed by atoms with Gasteiger partial charge in [0, 0.05) is 11.6 Å². The van der Waals surface area contributed by atoms with Gasteiger partial charge < -0.3 is 5.11 Å². The van der Waals surface area contributed by atoms with E-state index in [-0.39, 0.29) is 16.3 Å². The van der Waals surface area contributed by atoms with E-state index in [0.717, 1.165) is 6.07 Å². The topological polar surface area (TPSA) is 142 Å². The third-order valence-corrected chi connectivity index (χ3v) is 6.07. The van der Waals surface area contributed by atoms with Gasteiger partial charge in [-0.1, -0.05) is 42.5 Å². The van der Waals surface area contributed by atoms with Gasteiger partial charge in [0.25, 0.3) is 21.6 Å². The van der Waals surface area contributed by atoms with E-state index in [4.69, 9.17) is 0 Å². The van der Waals surface area contributed by atoms with Crippen LogP contribution in [-0.2, 0) is 14.8 Å². The number of phenolic OH excluding ortho intramolecular Hbond substituents is 1. The zero-order chi connectivity index (χ0) is 23.1. The fraction of sp³-hybridized carbons (Fsp3) is 0.0476. The van der Waals surface area contributed by atoms with E-state index in [2.05, 4.69) is 10.5 Å². The number of carbonyl (C=O) groups excluding carboxylic acids is 1. The molecule has 0 spiro atoms. The van der Waals surface area contributed by atoms with Crippen molar-refractivity contribution in [2.45, 2.75) is 4.90 Å². The van der Waals surface area contributed by atoms with Gasteiger partial charge in [-0.3, -0.25) is 14.9 Å². The molecule has 32 heavy (non-hydrogen) atoms. The predicted molar refractivity (Wildman–Crippen MR) is 118 cm³/mol. The zero-order valence-corrected chi connectivity index (χ0v) is 17.3. The number of nitrogens with one attached hydrogen (secondary N) is 1. The fourth-order valence-electron chi connectivity index (χ4n) is 2.79. The van der Waals surface area contributed by atoms with E-state index in [9.17, 15) is 28.4 Å². The van der Waals surface area contributed by atoms with Gasteiger partial charge in [-0.15, -0.1) is 0 Å². The van der Waals surface area contributed by atoms with E-state index in [1.165, 1.54) is 54.7 Å². The predicted octanol–water partition coefficient (Wildman–Crippen LogP) is 2.65. The van der Waals surface area contributed by atoms with Crippen LogP contribution in [0.2, 0.25) is 0 Å². The Morgan fingerprint density at radius 3 is 2.34 bits per heavy atom. The van der Waals surface area contributed by atoms with Crippen LogP contribution in [0.4, 0.5) is 11.4 Å². The lowest BCUT2D eigenvalue weighted by molar-refractivity contribution is -0.384. The highest BCUT2D eigenvalue weighted by Gasteiger charge is 2.31. The van der Waals surface area contributed by atoms with E-state index in [1.807, 2.05) is 0 Å². The Kier molecular flexibility index (Phi) is 6.80. The van der Waals surface area contributed by atoms with Gasteiger partial charge in [-0.2, -0.15) is 5.10 Å². The SMILES string of the molecule is O=C(CN(c1ccccc1[N+](=O)[O-])S(=O)(=O)c1ccccc1)N/N=C/c1ccccc1O. The number of amides is 1.